The first-order valence-electron chi connectivity index (χ1n) is 14.1. The molecule has 0 aliphatic rings. The van der Waals surface area contributed by atoms with E-state index in [0.29, 0.717) is 18.5 Å². The fraction of sp³-hybridized carbons (Fsp3) is 0.485. The second kappa shape index (κ2) is 14.7. The van der Waals surface area contributed by atoms with E-state index in [9.17, 15) is 14.4 Å². The van der Waals surface area contributed by atoms with Gasteiger partial charge in [-0.1, -0.05) is 81.0 Å². The van der Waals surface area contributed by atoms with Gasteiger partial charge in [-0.3, -0.25) is 9.59 Å². The van der Waals surface area contributed by atoms with Gasteiger partial charge in [-0.2, -0.15) is 0 Å². The van der Waals surface area contributed by atoms with E-state index in [-0.39, 0.29) is 18.2 Å². The van der Waals surface area contributed by atoms with Crippen molar-refractivity contribution < 1.29 is 19.1 Å². The Bertz CT molecular complexity index is 1130. The number of nitrogens with one attached hydrogen (secondary N) is 2. The van der Waals surface area contributed by atoms with Crippen molar-refractivity contribution in [3.8, 4) is 0 Å². The predicted molar refractivity (Wildman–Crippen MR) is 162 cm³/mol. The van der Waals surface area contributed by atoms with Gasteiger partial charge in [-0.15, -0.1) is 0 Å². The Kier molecular flexibility index (Phi) is 12.0. The highest BCUT2D eigenvalue weighted by Crippen LogP contribution is 2.26. The molecule has 2 unspecified atom stereocenters. The third-order valence-corrected chi connectivity index (χ3v) is 6.08. The van der Waals surface area contributed by atoms with E-state index in [4.69, 9.17) is 4.74 Å². The van der Waals surface area contributed by atoms with Crippen molar-refractivity contribution in [2.45, 2.75) is 97.4 Å². The SMILES string of the molecule is C=Cc1cccc(C(C(=O)NC(C)(C)C)N(CCCCC)C(=O)C(Cc2ccccc2)NC(=O)OC(C)(C)C)c1. The zero-order chi connectivity index (χ0) is 29.9. The number of hydrogen-bond donors (Lipinski definition) is 2. The van der Waals surface area contributed by atoms with Crippen LogP contribution in [0.5, 0.6) is 0 Å². The first-order valence-corrected chi connectivity index (χ1v) is 14.1. The fourth-order valence-corrected chi connectivity index (χ4v) is 4.37. The quantitative estimate of drug-likeness (QED) is 0.298. The van der Waals surface area contributed by atoms with Crippen LogP contribution in [0.4, 0.5) is 4.79 Å². The molecule has 3 amide bonds. The van der Waals surface area contributed by atoms with Gasteiger partial charge in [0.2, 0.25) is 11.8 Å². The minimum atomic E-state index is -0.939. The molecule has 0 aliphatic carbocycles. The second-order valence-electron chi connectivity index (χ2n) is 12.1. The molecule has 0 saturated heterocycles. The molecule has 0 aliphatic heterocycles. The molecule has 0 aromatic heterocycles. The van der Waals surface area contributed by atoms with Gasteiger partial charge in [-0.05, 0) is 70.7 Å². The Balaban J connectivity index is 2.60. The Labute approximate surface area is 240 Å². The van der Waals surface area contributed by atoms with Crippen molar-refractivity contribution in [1.82, 2.24) is 15.5 Å². The van der Waals surface area contributed by atoms with Crippen LogP contribution in [0.2, 0.25) is 0 Å². The van der Waals surface area contributed by atoms with Gasteiger partial charge in [-0.25, -0.2) is 4.79 Å². The van der Waals surface area contributed by atoms with Crippen LogP contribution in [0.1, 0.15) is 90.5 Å². The number of hydrogen-bond acceptors (Lipinski definition) is 4. The fourth-order valence-electron chi connectivity index (χ4n) is 4.37. The zero-order valence-corrected chi connectivity index (χ0v) is 25.3. The van der Waals surface area contributed by atoms with Gasteiger partial charge in [0.15, 0.2) is 0 Å². The average molecular weight is 550 g/mol. The molecule has 2 aromatic carbocycles. The monoisotopic (exact) mass is 549 g/mol. The molecule has 2 rings (SSSR count). The van der Waals surface area contributed by atoms with Crippen LogP contribution in [-0.4, -0.2) is 46.5 Å². The molecule has 40 heavy (non-hydrogen) atoms. The third-order valence-electron chi connectivity index (χ3n) is 6.08. The summed E-state index contributed by atoms with van der Waals surface area (Å²) in [4.78, 5) is 42.8. The Morgan fingerprint density at radius 2 is 1.65 bits per heavy atom. The maximum atomic E-state index is 14.4. The first kappa shape index (κ1) is 32.6. The van der Waals surface area contributed by atoms with Crippen LogP contribution in [0.25, 0.3) is 6.08 Å². The molecule has 2 atom stereocenters. The Hall–Kier alpha value is -3.61. The Morgan fingerprint density at radius 3 is 2.23 bits per heavy atom. The Morgan fingerprint density at radius 1 is 0.975 bits per heavy atom. The number of amides is 3. The van der Waals surface area contributed by atoms with E-state index in [1.54, 1.807) is 31.7 Å². The van der Waals surface area contributed by atoms with Crippen molar-refractivity contribution in [2.75, 3.05) is 6.54 Å². The minimum absolute atomic E-state index is 0.253. The van der Waals surface area contributed by atoms with E-state index < -0.39 is 29.3 Å². The van der Waals surface area contributed by atoms with E-state index in [2.05, 4.69) is 24.1 Å². The molecule has 2 aromatic rings. The summed E-state index contributed by atoms with van der Waals surface area (Å²) in [5.74, 6) is -0.627. The summed E-state index contributed by atoms with van der Waals surface area (Å²) in [6, 6.07) is 15.2. The lowest BCUT2D eigenvalue weighted by atomic mass is 9.97. The lowest BCUT2D eigenvalue weighted by Gasteiger charge is -2.36. The van der Waals surface area contributed by atoms with Crippen LogP contribution >= 0.6 is 0 Å². The smallest absolute Gasteiger partial charge is 0.408 e. The summed E-state index contributed by atoms with van der Waals surface area (Å²) >= 11 is 0. The van der Waals surface area contributed by atoms with E-state index >= 15 is 0 Å². The maximum absolute atomic E-state index is 14.4. The maximum Gasteiger partial charge on any atom is 0.408 e. The third kappa shape index (κ3) is 10.9. The van der Waals surface area contributed by atoms with Gasteiger partial charge >= 0.3 is 6.09 Å². The van der Waals surface area contributed by atoms with Gasteiger partial charge in [0.25, 0.3) is 0 Å². The number of carbonyl (C=O) groups is 3. The van der Waals surface area contributed by atoms with Crippen molar-refractivity contribution in [3.63, 3.8) is 0 Å². The summed E-state index contributed by atoms with van der Waals surface area (Å²) in [6.45, 7) is 17.4. The van der Waals surface area contributed by atoms with Crippen LogP contribution < -0.4 is 10.6 Å². The van der Waals surface area contributed by atoms with Crippen LogP contribution in [0.15, 0.2) is 61.2 Å². The summed E-state index contributed by atoms with van der Waals surface area (Å²) in [7, 11) is 0. The van der Waals surface area contributed by atoms with Crippen molar-refractivity contribution in [3.05, 3.63) is 77.9 Å². The molecule has 2 N–H and O–H groups in total. The van der Waals surface area contributed by atoms with E-state index in [1.807, 2.05) is 75.4 Å². The van der Waals surface area contributed by atoms with Gasteiger partial charge in [0, 0.05) is 18.5 Å². The molecule has 0 heterocycles. The average Bonchev–Trinajstić information content (AvgIpc) is 2.86. The zero-order valence-electron chi connectivity index (χ0n) is 25.3. The molecule has 7 nitrogen and oxygen atoms in total. The number of nitrogens with zero attached hydrogens (tertiary/aromatic N) is 1. The highest BCUT2D eigenvalue weighted by molar-refractivity contribution is 5.92. The first-order chi connectivity index (χ1) is 18.7. The summed E-state index contributed by atoms with van der Waals surface area (Å²) in [5.41, 5.74) is 1.17. The number of alkyl carbamates (subject to hydrolysis) is 1. The number of carbonyl (C=O) groups excluding carboxylic acids is 3. The summed E-state index contributed by atoms with van der Waals surface area (Å²) in [5, 5.41) is 5.88. The van der Waals surface area contributed by atoms with Crippen molar-refractivity contribution in [1.29, 1.82) is 0 Å². The van der Waals surface area contributed by atoms with Crippen molar-refractivity contribution >= 4 is 24.0 Å². The lowest BCUT2D eigenvalue weighted by Crippen LogP contribution is -2.55. The highest BCUT2D eigenvalue weighted by Gasteiger charge is 2.37. The van der Waals surface area contributed by atoms with Gasteiger partial charge < -0.3 is 20.3 Å². The lowest BCUT2D eigenvalue weighted by molar-refractivity contribution is -0.143. The second-order valence-corrected chi connectivity index (χ2v) is 12.1. The largest absolute Gasteiger partial charge is 0.444 e. The van der Waals surface area contributed by atoms with E-state index in [0.717, 1.165) is 24.0 Å². The van der Waals surface area contributed by atoms with Gasteiger partial charge in [0.05, 0.1) is 0 Å². The van der Waals surface area contributed by atoms with Crippen LogP contribution in [0, 0.1) is 0 Å². The molecule has 0 radical (unpaired) electrons. The number of ether oxygens (including phenoxy) is 1. The molecule has 0 bridgehead atoms. The summed E-state index contributed by atoms with van der Waals surface area (Å²) in [6.07, 6.45) is 3.85. The standard InChI is InChI=1S/C33H47N3O4/c1-9-11-15-21-36(28(29(37)35-32(3,4)5)26-20-16-19-24(10-2)22-26)30(38)27(23-25-17-13-12-14-18-25)34-31(39)40-33(6,7)8/h10,12-14,16-20,22,27-28H,2,9,11,15,21,23H2,1,3-8H3,(H,34,39)(H,35,37). The normalized spacial score (nSPS) is 13.1. The molecular weight excluding hydrogens is 502 g/mol. The predicted octanol–water partition coefficient (Wildman–Crippen LogP) is 6.44. The molecule has 7 heteroatoms. The molecular formula is C33H47N3O4. The van der Waals surface area contributed by atoms with Gasteiger partial charge in [0.1, 0.15) is 17.7 Å². The molecule has 0 spiro atoms. The molecule has 0 fully saturated rings. The molecule has 218 valence electrons. The minimum Gasteiger partial charge on any atom is -0.444 e. The van der Waals surface area contributed by atoms with Crippen LogP contribution in [0.3, 0.4) is 0 Å². The molecule has 0 saturated carbocycles. The van der Waals surface area contributed by atoms with E-state index in [1.165, 1.54) is 0 Å². The van der Waals surface area contributed by atoms with Crippen molar-refractivity contribution in [2.24, 2.45) is 0 Å². The van der Waals surface area contributed by atoms with Crippen LogP contribution in [-0.2, 0) is 20.7 Å². The highest BCUT2D eigenvalue weighted by atomic mass is 16.6. The number of benzene rings is 2. The topological polar surface area (TPSA) is 87.7 Å². The number of rotatable bonds is 12. The number of unbranched alkanes of at least 4 members (excludes halogenated alkanes) is 2. The summed E-state index contributed by atoms with van der Waals surface area (Å²) < 4.78 is 5.51.